The van der Waals surface area contributed by atoms with Gasteiger partial charge in [-0.3, -0.25) is 9.78 Å². The topological polar surface area (TPSA) is 45.2 Å². The number of rotatable bonds is 4. The van der Waals surface area contributed by atoms with Gasteiger partial charge in [-0.15, -0.1) is 0 Å². The number of anilines is 1. The molecule has 1 aromatic heterocycles. The lowest BCUT2D eigenvalue weighted by molar-refractivity contribution is 0.0668. The van der Waals surface area contributed by atoms with E-state index in [-0.39, 0.29) is 5.91 Å². The Kier molecular flexibility index (Phi) is 4.99. The standard InChI is InChI=1S/C16H25N3O/c1-4-18-15-11-17-8-5-14(15)16(20)19-9-6-13(7-10-19)12(2)3/h5,8,11-13,18H,4,6-7,9-10H2,1-3H3. The largest absolute Gasteiger partial charge is 0.383 e. The second-order valence-corrected chi connectivity index (χ2v) is 5.83. The molecule has 110 valence electrons. The van der Waals surface area contributed by atoms with Crippen molar-refractivity contribution in [1.82, 2.24) is 9.88 Å². The van der Waals surface area contributed by atoms with Crippen LogP contribution in [0.2, 0.25) is 0 Å². The van der Waals surface area contributed by atoms with E-state index >= 15 is 0 Å². The second kappa shape index (κ2) is 6.73. The fourth-order valence-corrected chi connectivity index (χ4v) is 2.85. The molecule has 0 unspecified atom stereocenters. The predicted octanol–water partition coefficient (Wildman–Crippen LogP) is 3.02. The Morgan fingerprint density at radius 2 is 2.15 bits per heavy atom. The average molecular weight is 275 g/mol. The molecule has 1 fully saturated rings. The van der Waals surface area contributed by atoms with Crippen LogP contribution in [-0.4, -0.2) is 35.4 Å². The Bertz CT molecular complexity index is 451. The van der Waals surface area contributed by atoms with Gasteiger partial charge >= 0.3 is 0 Å². The number of aromatic nitrogens is 1. The number of nitrogens with one attached hydrogen (secondary N) is 1. The molecule has 4 nitrogen and oxygen atoms in total. The van der Waals surface area contributed by atoms with E-state index in [1.165, 1.54) is 0 Å². The SMILES string of the molecule is CCNc1cnccc1C(=O)N1CCC(C(C)C)CC1. The zero-order valence-electron chi connectivity index (χ0n) is 12.7. The molecule has 1 aromatic rings. The van der Waals surface area contributed by atoms with Crippen molar-refractivity contribution in [3.8, 4) is 0 Å². The maximum atomic E-state index is 12.6. The monoisotopic (exact) mass is 275 g/mol. The van der Waals surface area contributed by atoms with Crippen LogP contribution in [0, 0.1) is 11.8 Å². The van der Waals surface area contributed by atoms with E-state index in [2.05, 4.69) is 24.1 Å². The molecule has 0 atom stereocenters. The first-order chi connectivity index (χ1) is 9.63. The highest BCUT2D eigenvalue weighted by Gasteiger charge is 2.26. The van der Waals surface area contributed by atoms with E-state index in [1.807, 2.05) is 17.9 Å². The third-order valence-corrected chi connectivity index (χ3v) is 4.19. The van der Waals surface area contributed by atoms with Gasteiger partial charge < -0.3 is 10.2 Å². The molecule has 1 saturated heterocycles. The molecule has 2 rings (SSSR count). The van der Waals surface area contributed by atoms with E-state index in [4.69, 9.17) is 0 Å². The van der Waals surface area contributed by atoms with Crippen LogP contribution in [0.3, 0.4) is 0 Å². The summed E-state index contributed by atoms with van der Waals surface area (Å²) in [4.78, 5) is 18.7. The molecule has 0 aliphatic carbocycles. The smallest absolute Gasteiger partial charge is 0.256 e. The van der Waals surface area contributed by atoms with Crippen molar-refractivity contribution in [3.05, 3.63) is 24.0 Å². The van der Waals surface area contributed by atoms with Gasteiger partial charge in [-0.05, 0) is 37.7 Å². The third kappa shape index (κ3) is 3.30. The summed E-state index contributed by atoms with van der Waals surface area (Å²) in [6, 6.07) is 1.81. The molecular formula is C16H25N3O. The van der Waals surface area contributed by atoms with Gasteiger partial charge in [0.2, 0.25) is 0 Å². The number of carbonyl (C=O) groups excluding carboxylic acids is 1. The van der Waals surface area contributed by atoms with Crippen LogP contribution < -0.4 is 5.32 Å². The minimum Gasteiger partial charge on any atom is -0.383 e. The fourth-order valence-electron chi connectivity index (χ4n) is 2.85. The van der Waals surface area contributed by atoms with Gasteiger partial charge in [0.15, 0.2) is 0 Å². The number of likely N-dealkylation sites (tertiary alicyclic amines) is 1. The van der Waals surface area contributed by atoms with Crippen LogP contribution in [-0.2, 0) is 0 Å². The summed E-state index contributed by atoms with van der Waals surface area (Å²) < 4.78 is 0. The predicted molar refractivity (Wildman–Crippen MR) is 81.9 cm³/mol. The van der Waals surface area contributed by atoms with Crippen LogP contribution in [0.15, 0.2) is 18.5 Å². The Labute approximate surface area is 121 Å². The number of nitrogens with zero attached hydrogens (tertiary/aromatic N) is 2. The highest BCUT2D eigenvalue weighted by Crippen LogP contribution is 2.26. The van der Waals surface area contributed by atoms with Crippen LogP contribution in [0.5, 0.6) is 0 Å². The van der Waals surface area contributed by atoms with Crippen molar-refractivity contribution >= 4 is 11.6 Å². The summed E-state index contributed by atoms with van der Waals surface area (Å²) >= 11 is 0. The van der Waals surface area contributed by atoms with E-state index in [1.54, 1.807) is 12.4 Å². The summed E-state index contributed by atoms with van der Waals surface area (Å²) in [5.41, 5.74) is 1.58. The molecule has 1 N–H and O–H groups in total. The third-order valence-electron chi connectivity index (χ3n) is 4.19. The lowest BCUT2D eigenvalue weighted by Crippen LogP contribution is -2.39. The molecule has 0 spiro atoms. The molecule has 2 heterocycles. The molecule has 0 radical (unpaired) electrons. The van der Waals surface area contributed by atoms with Crippen molar-refractivity contribution in [2.24, 2.45) is 11.8 Å². The number of pyridine rings is 1. The van der Waals surface area contributed by atoms with Crippen molar-refractivity contribution in [2.75, 3.05) is 25.0 Å². The summed E-state index contributed by atoms with van der Waals surface area (Å²) in [6.45, 7) is 9.10. The number of amides is 1. The molecule has 1 aliphatic rings. The van der Waals surface area contributed by atoms with Gasteiger partial charge in [0, 0.05) is 25.8 Å². The minimum absolute atomic E-state index is 0.130. The lowest BCUT2D eigenvalue weighted by atomic mass is 9.86. The Morgan fingerprint density at radius 3 is 2.75 bits per heavy atom. The maximum Gasteiger partial charge on any atom is 0.256 e. The summed E-state index contributed by atoms with van der Waals surface area (Å²) in [7, 11) is 0. The van der Waals surface area contributed by atoms with E-state index in [9.17, 15) is 4.79 Å². The Balaban J connectivity index is 2.05. The summed E-state index contributed by atoms with van der Waals surface area (Å²) in [5, 5.41) is 3.21. The molecular weight excluding hydrogens is 250 g/mol. The lowest BCUT2D eigenvalue weighted by Gasteiger charge is -2.34. The first-order valence-electron chi connectivity index (χ1n) is 7.60. The molecule has 4 heteroatoms. The number of piperidine rings is 1. The van der Waals surface area contributed by atoms with Crippen molar-refractivity contribution in [1.29, 1.82) is 0 Å². The quantitative estimate of drug-likeness (QED) is 0.918. The molecule has 1 aliphatic heterocycles. The highest BCUT2D eigenvalue weighted by molar-refractivity contribution is 5.99. The van der Waals surface area contributed by atoms with Crippen molar-refractivity contribution in [3.63, 3.8) is 0 Å². The first kappa shape index (κ1) is 14.8. The molecule has 0 aromatic carbocycles. The Morgan fingerprint density at radius 1 is 1.45 bits per heavy atom. The van der Waals surface area contributed by atoms with Crippen LogP contribution in [0.4, 0.5) is 5.69 Å². The zero-order valence-corrected chi connectivity index (χ0v) is 12.7. The van der Waals surface area contributed by atoms with Crippen LogP contribution >= 0.6 is 0 Å². The average Bonchev–Trinajstić information content (AvgIpc) is 2.47. The Hall–Kier alpha value is -1.58. The second-order valence-electron chi connectivity index (χ2n) is 5.83. The van der Waals surface area contributed by atoms with Gasteiger partial charge in [0.05, 0.1) is 17.4 Å². The normalized spacial score (nSPS) is 16.5. The van der Waals surface area contributed by atoms with E-state index < -0.39 is 0 Å². The highest BCUT2D eigenvalue weighted by atomic mass is 16.2. The molecule has 0 bridgehead atoms. The minimum atomic E-state index is 0.130. The van der Waals surface area contributed by atoms with Crippen LogP contribution in [0.25, 0.3) is 0 Å². The van der Waals surface area contributed by atoms with Gasteiger partial charge in [-0.25, -0.2) is 0 Å². The van der Waals surface area contributed by atoms with Crippen molar-refractivity contribution < 1.29 is 4.79 Å². The molecule has 0 saturated carbocycles. The van der Waals surface area contributed by atoms with Crippen LogP contribution in [0.1, 0.15) is 44.0 Å². The number of carbonyl (C=O) groups is 1. The van der Waals surface area contributed by atoms with Gasteiger partial charge in [0.1, 0.15) is 0 Å². The van der Waals surface area contributed by atoms with E-state index in [0.29, 0.717) is 5.92 Å². The molecule has 20 heavy (non-hydrogen) atoms. The fraction of sp³-hybridized carbons (Fsp3) is 0.625. The first-order valence-corrected chi connectivity index (χ1v) is 7.60. The van der Waals surface area contributed by atoms with E-state index in [0.717, 1.165) is 49.6 Å². The van der Waals surface area contributed by atoms with Gasteiger partial charge in [0.25, 0.3) is 5.91 Å². The number of hydrogen-bond acceptors (Lipinski definition) is 3. The maximum absolute atomic E-state index is 12.6. The summed E-state index contributed by atoms with van der Waals surface area (Å²) in [6.07, 6.45) is 5.66. The molecule has 1 amide bonds. The zero-order chi connectivity index (χ0) is 14.5. The van der Waals surface area contributed by atoms with Crippen molar-refractivity contribution in [2.45, 2.75) is 33.6 Å². The number of hydrogen-bond donors (Lipinski definition) is 1. The van der Waals surface area contributed by atoms with Gasteiger partial charge in [-0.1, -0.05) is 13.8 Å². The summed E-state index contributed by atoms with van der Waals surface area (Å²) in [5.74, 6) is 1.60. The van der Waals surface area contributed by atoms with Gasteiger partial charge in [-0.2, -0.15) is 0 Å².